The van der Waals surface area contributed by atoms with E-state index >= 15 is 0 Å². The predicted molar refractivity (Wildman–Crippen MR) is 62.8 cm³/mol. The first-order valence-corrected chi connectivity index (χ1v) is 5.60. The largest absolute Gasteiger partial charge is 0.382 e. The van der Waals surface area contributed by atoms with Crippen molar-refractivity contribution in [2.24, 2.45) is 0 Å². The zero-order chi connectivity index (χ0) is 11.1. The van der Waals surface area contributed by atoms with E-state index in [0.717, 1.165) is 11.4 Å². The molecule has 0 radical (unpaired) electrons. The molecule has 1 heterocycles. The predicted octanol–water partition coefficient (Wildman–Crippen LogP) is 2.38. The van der Waals surface area contributed by atoms with Crippen LogP contribution in [0.3, 0.4) is 0 Å². The van der Waals surface area contributed by atoms with Crippen LogP contribution in [0.15, 0.2) is 24.3 Å². The van der Waals surface area contributed by atoms with Gasteiger partial charge in [-0.1, -0.05) is 22.9 Å². The average Bonchev–Trinajstić information content (AvgIpc) is 3.03. The highest BCUT2D eigenvalue weighted by atomic mass is 35.5. The summed E-state index contributed by atoms with van der Waals surface area (Å²) in [4.78, 5) is 0. The molecule has 0 bridgehead atoms. The van der Waals surface area contributed by atoms with Gasteiger partial charge in [0.25, 0.3) is 0 Å². The van der Waals surface area contributed by atoms with E-state index < -0.39 is 0 Å². The van der Waals surface area contributed by atoms with E-state index in [2.05, 4.69) is 10.3 Å². The number of nitrogen functional groups attached to an aromatic ring is 1. The Bertz CT molecular complexity index is 531. The van der Waals surface area contributed by atoms with E-state index in [-0.39, 0.29) is 0 Å². The molecule has 1 saturated carbocycles. The highest BCUT2D eigenvalue weighted by molar-refractivity contribution is 6.30. The normalized spacial score (nSPS) is 15.3. The standard InChI is InChI=1S/C11H11ClN4/c12-8-2-1-3-9(6-8)16-11(13)10(14-15-16)7-4-5-7/h1-3,6-7H,4-5,13H2. The Hall–Kier alpha value is -1.55. The third kappa shape index (κ3) is 1.55. The van der Waals surface area contributed by atoms with Crippen molar-refractivity contribution >= 4 is 17.4 Å². The van der Waals surface area contributed by atoms with E-state index in [4.69, 9.17) is 17.3 Å². The first-order valence-electron chi connectivity index (χ1n) is 5.23. The molecule has 0 spiro atoms. The van der Waals surface area contributed by atoms with Gasteiger partial charge >= 0.3 is 0 Å². The summed E-state index contributed by atoms with van der Waals surface area (Å²) in [7, 11) is 0. The van der Waals surface area contributed by atoms with Gasteiger partial charge in [0.2, 0.25) is 0 Å². The highest BCUT2D eigenvalue weighted by Crippen LogP contribution is 2.41. The zero-order valence-electron chi connectivity index (χ0n) is 8.60. The van der Waals surface area contributed by atoms with E-state index in [1.165, 1.54) is 12.8 Å². The van der Waals surface area contributed by atoms with Gasteiger partial charge in [-0.25, -0.2) is 0 Å². The molecule has 1 aromatic carbocycles. The molecule has 82 valence electrons. The maximum atomic E-state index is 6.02. The third-order valence-corrected chi connectivity index (χ3v) is 2.98. The van der Waals surface area contributed by atoms with Crippen molar-refractivity contribution in [2.75, 3.05) is 5.73 Å². The molecule has 0 aliphatic heterocycles. The summed E-state index contributed by atoms with van der Waals surface area (Å²) >= 11 is 5.93. The van der Waals surface area contributed by atoms with Crippen LogP contribution in [0.2, 0.25) is 5.02 Å². The fourth-order valence-electron chi connectivity index (χ4n) is 1.75. The molecule has 0 amide bonds. The Morgan fingerprint density at radius 3 is 2.88 bits per heavy atom. The van der Waals surface area contributed by atoms with E-state index in [1.54, 1.807) is 4.68 Å². The molecule has 4 nitrogen and oxygen atoms in total. The quantitative estimate of drug-likeness (QED) is 0.868. The summed E-state index contributed by atoms with van der Waals surface area (Å²) in [5, 5.41) is 8.87. The van der Waals surface area contributed by atoms with Crippen molar-refractivity contribution in [2.45, 2.75) is 18.8 Å². The maximum absolute atomic E-state index is 6.02. The molecule has 3 rings (SSSR count). The van der Waals surface area contributed by atoms with Gasteiger partial charge < -0.3 is 5.73 Å². The van der Waals surface area contributed by atoms with Gasteiger partial charge in [-0.3, -0.25) is 0 Å². The number of hydrogen-bond donors (Lipinski definition) is 1. The second kappa shape index (κ2) is 3.49. The molecule has 1 aromatic heterocycles. The minimum Gasteiger partial charge on any atom is -0.382 e. The van der Waals surface area contributed by atoms with Crippen molar-refractivity contribution in [3.63, 3.8) is 0 Å². The first kappa shape index (κ1) is 9.66. The molecule has 5 heteroatoms. The Labute approximate surface area is 98.0 Å². The molecule has 16 heavy (non-hydrogen) atoms. The topological polar surface area (TPSA) is 56.7 Å². The van der Waals surface area contributed by atoms with Crippen molar-refractivity contribution in [1.29, 1.82) is 0 Å². The van der Waals surface area contributed by atoms with Crippen LogP contribution in [0.25, 0.3) is 5.69 Å². The minimum absolute atomic E-state index is 0.507. The lowest BCUT2D eigenvalue weighted by molar-refractivity contribution is 0.802. The van der Waals surface area contributed by atoms with Crippen LogP contribution in [0.4, 0.5) is 5.82 Å². The first-order chi connectivity index (χ1) is 7.75. The molecule has 0 saturated heterocycles. The summed E-state index contributed by atoms with van der Waals surface area (Å²) in [6, 6.07) is 7.42. The van der Waals surface area contributed by atoms with E-state index in [9.17, 15) is 0 Å². The summed E-state index contributed by atoms with van der Waals surface area (Å²) in [6.45, 7) is 0. The van der Waals surface area contributed by atoms with Gasteiger partial charge in [0.1, 0.15) is 5.69 Å². The van der Waals surface area contributed by atoms with Crippen LogP contribution in [0.1, 0.15) is 24.5 Å². The lowest BCUT2D eigenvalue weighted by Crippen LogP contribution is -2.02. The van der Waals surface area contributed by atoms with Crippen molar-refractivity contribution in [3.05, 3.63) is 35.0 Å². The average molecular weight is 235 g/mol. The maximum Gasteiger partial charge on any atom is 0.151 e. The number of rotatable bonds is 2. The molecule has 1 fully saturated rings. The number of benzene rings is 1. The number of aromatic nitrogens is 3. The Kier molecular flexibility index (Phi) is 2.11. The molecule has 1 aliphatic carbocycles. The molecular weight excluding hydrogens is 224 g/mol. The van der Waals surface area contributed by atoms with Gasteiger partial charge in [-0.05, 0) is 31.0 Å². The second-order valence-corrected chi connectivity index (χ2v) is 4.46. The van der Waals surface area contributed by atoms with Gasteiger partial charge in [-0.15, -0.1) is 5.10 Å². The van der Waals surface area contributed by atoms with E-state index in [0.29, 0.717) is 16.8 Å². The van der Waals surface area contributed by atoms with Crippen molar-refractivity contribution in [3.8, 4) is 5.69 Å². The van der Waals surface area contributed by atoms with Crippen LogP contribution in [-0.4, -0.2) is 15.0 Å². The number of halogens is 1. The number of anilines is 1. The summed E-state index contributed by atoms with van der Waals surface area (Å²) in [5.41, 5.74) is 7.79. The summed E-state index contributed by atoms with van der Waals surface area (Å²) < 4.78 is 1.64. The summed E-state index contributed by atoms with van der Waals surface area (Å²) in [5.74, 6) is 1.14. The SMILES string of the molecule is Nc1c(C2CC2)nnn1-c1cccc(Cl)c1. The second-order valence-electron chi connectivity index (χ2n) is 4.03. The van der Waals surface area contributed by atoms with Crippen LogP contribution >= 0.6 is 11.6 Å². The smallest absolute Gasteiger partial charge is 0.151 e. The Morgan fingerprint density at radius 2 is 2.19 bits per heavy atom. The molecule has 1 aliphatic rings. The molecular formula is C11H11ClN4. The van der Waals surface area contributed by atoms with Crippen LogP contribution in [0.5, 0.6) is 0 Å². The number of hydrogen-bond acceptors (Lipinski definition) is 3. The molecule has 2 N–H and O–H groups in total. The van der Waals surface area contributed by atoms with Crippen molar-refractivity contribution < 1.29 is 0 Å². The van der Waals surface area contributed by atoms with Crippen LogP contribution < -0.4 is 5.73 Å². The van der Waals surface area contributed by atoms with Crippen LogP contribution in [-0.2, 0) is 0 Å². The Morgan fingerprint density at radius 1 is 1.38 bits per heavy atom. The van der Waals surface area contributed by atoms with Gasteiger partial charge in [0.05, 0.1) is 5.69 Å². The fraction of sp³-hybridized carbons (Fsp3) is 0.273. The lowest BCUT2D eigenvalue weighted by atomic mass is 10.3. The van der Waals surface area contributed by atoms with Gasteiger partial charge in [-0.2, -0.15) is 4.68 Å². The Balaban J connectivity index is 2.06. The lowest BCUT2D eigenvalue weighted by Gasteiger charge is -2.03. The minimum atomic E-state index is 0.507. The third-order valence-electron chi connectivity index (χ3n) is 2.75. The molecule has 0 unspecified atom stereocenters. The van der Waals surface area contributed by atoms with Crippen molar-refractivity contribution in [1.82, 2.24) is 15.0 Å². The fourth-order valence-corrected chi connectivity index (χ4v) is 1.93. The monoisotopic (exact) mass is 234 g/mol. The molecule has 2 aromatic rings. The highest BCUT2D eigenvalue weighted by Gasteiger charge is 2.29. The number of nitrogens with zero attached hydrogens (tertiary/aromatic N) is 3. The van der Waals surface area contributed by atoms with Crippen LogP contribution in [0, 0.1) is 0 Å². The molecule has 0 atom stereocenters. The van der Waals surface area contributed by atoms with Gasteiger partial charge in [0, 0.05) is 10.9 Å². The zero-order valence-corrected chi connectivity index (χ0v) is 9.35. The summed E-state index contributed by atoms with van der Waals surface area (Å²) in [6.07, 6.45) is 2.33. The number of nitrogens with two attached hydrogens (primary N) is 1. The van der Waals surface area contributed by atoms with Gasteiger partial charge in [0.15, 0.2) is 5.82 Å². The van der Waals surface area contributed by atoms with E-state index in [1.807, 2.05) is 24.3 Å².